The third-order valence-electron chi connectivity index (χ3n) is 4.35. The molecule has 3 rings (SSSR count). The zero-order valence-electron chi connectivity index (χ0n) is 13.9. The number of carbonyl (C=O) groups excluding carboxylic acids is 1. The van der Waals surface area contributed by atoms with Crippen LogP contribution in [0.25, 0.3) is 0 Å². The Morgan fingerprint density at radius 3 is 2.72 bits per heavy atom. The summed E-state index contributed by atoms with van der Waals surface area (Å²) in [4.78, 5) is 12.0. The highest BCUT2D eigenvalue weighted by molar-refractivity contribution is 5.90. The van der Waals surface area contributed by atoms with E-state index >= 15 is 0 Å². The maximum absolute atomic E-state index is 13.5. The van der Waals surface area contributed by atoms with Crippen molar-refractivity contribution >= 4 is 11.6 Å². The molecule has 0 aromatic heterocycles. The number of anilines is 1. The Morgan fingerprint density at radius 2 is 1.92 bits per heavy atom. The largest absolute Gasteiger partial charge is 0.490 e. The Hall–Kier alpha value is -2.43. The number of carbonyl (C=O) groups is 1. The van der Waals surface area contributed by atoms with Gasteiger partial charge < -0.3 is 10.1 Å². The minimum absolute atomic E-state index is 0.136. The Bertz CT molecular complexity index is 742. The molecule has 1 amide bonds. The molecule has 3 nitrogen and oxygen atoms in total. The molecule has 1 fully saturated rings. The van der Waals surface area contributed by atoms with Gasteiger partial charge in [-0.1, -0.05) is 12.1 Å². The molecule has 1 aliphatic rings. The molecule has 0 radical (unpaired) electrons. The van der Waals surface area contributed by atoms with Crippen LogP contribution in [-0.4, -0.2) is 12.0 Å². The van der Waals surface area contributed by atoms with E-state index < -0.39 is 11.6 Å². The van der Waals surface area contributed by atoms with Crippen molar-refractivity contribution in [2.75, 3.05) is 5.32 Å². The van der Waals surface area contributed by atoms with Gasteiger partial charge in [0.2, 0.25) is 5.91 Å². The van der Waals surface area contributed by atoms with E-state index in [9.17, 15) is 13.6 Å². The summed E-state index contributed by atoms with van der Waals surface area (Å²) in [5.41, 5.74) is 0.841. The molecule has 0 atom stereocenters. The molecule has 0 unspecified atom stereocenters. The molecule has 1 saturated carbocycles. The predicted molar refractivity (Wildman–Crippen MR) is 92.6 cm³/mol. The van der Waals surface area contributed by atoms with E-state index in [1.807, 2.05) is 24.3 Å². The van der Waals surface area contributed by atoms with Gasteiger partial charge >= 0.3 is 0 Å². The summed E-state index contributed by atoms with van der Waals surface area (Å²) in [5, 5.41) is 2.41. The molecular formula is C20H21F2NO2. The van der Waals surface area contributed by atoms with Gasteiger partial charge in [0.1, 0.15) is 17.4 Å². The van der Waals surface area contributed by atoms with Crippen molar-refractivity contribution in [1.82, 2.24) is 0 Å². The van der Waals surface area contributed by atoms with Crippen molar-refractivity contribution < 1.29 is 18.3 Å². The molecule has 132 valence electrons. The highest BCUT2D eigenvalue weighted by Crippen LogP contribution is 2.25. The number of aryl methyl sites for hydroxylation is 1. The Morgan fingerprint density at radius 1 is 1.12 bits per heavy atom. The second-order valence-electron chi connectivity index (χ2n) is 6.34. The second kappa shape index (κ2) is 8.10. The van der Waals surface area contributed by atoms with Gasteiger partial charge in [0, 0.05) is 12.5 Å². The third kappa shape index (κ3) is 5.02. The standard InChI is InChI=1S/C20H21F2NO2/c21-15-9-10-18(22)19(13-15)23-20(24)11-8-14-4-3-7-17(12-14)25-16-5-1-2-6-16/h3-4,7,9-10,12-13,16H,1-2,5-6,8,11H2,(H,23,24). The first kappa shape index (κ1) is 17.4. The highest BCUT2D eigenvalue weighted by atomic mass is 19.1. The van der Waals surface area contributed by atoms with Gasteiger partial charge in [-0.15, -0.1) is 0 Å². The first-order chi connectivity index (χ1) is 12.1. The fraction of sp³-hybridized carbons (Fsp3) is 0.350. The van der Waals surface area contributed by atoms with Crippen LogP contribution in [0, 0.1) is 11.6 Å². The van der Waals surface area contributed by atoms with E-state index in [0.717, 1.165) is 42.4 Å². The van der Waals surface area contributed by atoms with E-state index in [1.165, 1.54) is 12.8 Å². The zero-order chi connectivity index (χ0) is 17.6. The Labute approximate surface area is 146 Å². The molecule has 0 heterocycles. The van der Waals surface area contributed by atoms with Crippen LogP contribution in [0.2, 0.25) is 0 Å². The first-order valence-corrected chi connectivity index (χ1v) is 8.60. The van der Waals surface area contributed by atoms with E-state index in [4.69, 9.17) is 4.74 Å². The smallest absolute Gasteiger partial charge is 0.224 e. The molecule has 2 aromatic carbocycles. The molecule has 0 bridgehead atoms. The second-order valence-corrected chi connectivity index (χ2v) is 6.34. The molecule has 0 spiro atoms. The van der Waals surface area contributed by atoms with E-state index in [2.05, 4.69) is 5.32 Å². The van der Waals surface area contributed by atoms with Gasteiger partial charge in [0.15, 0.2) is 0 Å². The summed E-state index contributed by atoms with van der Waals surface area (Å²) in [7, 11) is 0. The number of hydrogen-bond acceptors (Lipinski definition) is 2. The van der Waals surface area contributed by atoms with E-state index in [-0.39, 0.29) is 24.1 Å². The Balaban J connectivity index is 1.54. The van der Waals surface area contributed by atoms with Gasteiger partial charge in [-0.2, -0.15) is 0 Å². The van der Waals surface area contributed by atoms with E-state index in [0.29, 0.717) is 6.42 Å². The molecule has 5 heteroatoms. The van der Waals surface area contributed by atoms with Crippen LogP contribution < -0.4 is 10.1 Å². The molecule has 2 aromatic rings. The quantitative estimate of drug-likeness (QED) is 0.812. The Kier molecular flexibility index (Phi) is 5.64. The molecule has 1 aliphatic carbocycles. The normalized spacial score (nSPS) is 14.5. The SMILES string of the molecule is O=C(CCc1cccc(OC2CCCC2)c1)Nc1cc(F)ccc1F. The topological polar surface area (TPSA) is 38.3 Å². The molecule has 0 aliphatic heterocycles. The minimum atomic E-state index is -0.651. The van der Waals surface area contributed by atoms with Gasteiger partial charge in [0.05, 0.1) is 11.8 Å². The fourth-order valence-electron chi connectivity index (χ4n) is 3.04. The average molecular weight is 345 g/mol. The number of halogens is 2. The molecule has 25 heavy (non-hydrogen) atoms. The number of benzene rings is 2. The van der Waals surface area contributed by atoms with Crippen molar-refractivity contribution in [2.45, 2.75) is 44.6 Å². The number of ether oxygens (including phenoxy) is 1. The monoisotopic (exact) mass is 345 g/mol. The van der Waals surface area contributed by atoms with Crippen molar-refractivity contribution in [3.05, 3.63) is 59.7 Å². The summed E-state index contributed by atoms with van der Waals surface area (Å²) in [6, 6.07) is 10.7. The summed E-state index contributed by atoms with van der Waals surface area (Å²) >= 11 is 0. The fourth-order valence-corrected chi connectivity index (χ4v) is 3.04. The lowest BCUT2D eigenvalue weighted by molar-refractivity contribution is -0.116. The van der Waals surface area contributed by atoms with Crippen LogP contribution in [-0.2, 0) is 11.2 Å². The zero-order valence-corrected chi connectivity index (χ0v) is 13.9. The molecule has 1 N–H and O–H groups in total. The van der Waals surface area contributed by atoms with Gasteiger partial charge in [-0.3, -0.25) is 4.79 Å². The number of rotatable bonds is 6. The van der Waals surface area contributed by atoms with Crippen LogP contribution in [0.4, 0.5) is 14.5 Å². The minimum Gasteiger partial charge on any atom is -0.490 e. The predicted octanol–water partition coefficient (Wildman–Crippen LogP) is 4.86. The van der Waals surface area contributed by atoms with Crippen LogP contribution >= 0.6 is 0 Å². The van der Waals surface area contributed by atoms with Crippen molar-refractivity contribution in [3.63, 3.8) is 0 Å². The highest BCUT2D eigenvalue weighted by Gasteiger charge is 2.16. The number of nitrogens with one attached hydrogen (secondary N) is 1. The summed E-state index contributed by atoms with van der Waals surface area (Å²) in [6.45, 7) is 0. The van der Waals surface area contributed by atoms with Crippen LogP contribution in [0.3, 0.4) is 0 Å². The lowest BCUT2D eigenvalue weighted by atomic mass is 10.1. The summed E-state index contributed by atoms with van der Waals surface area (Å²) in [5.74, 6) is -0.775. The van der Waals surface area contributed by atoms with E-state index in [1.54, 1.807) is 0 Å². The first-order valence-electron chi connectivity index (χ1n) is 8.60. The summed E-state index contributed by atoms with van der Waals surface area (Å²) < 4.78 is 32.6. The maximum Gasteiger partial charge on any atom is 0.224 e. The van der Waals surface area contributed by atoms with Crippen LogP contribution in [0.15, 0.2) is 42.5 Å². The lowest BCUT2D eigenvalue weighted by Crippen LogP contribution is -2.14. The number of amides is 1. The molecular weight excluding hydrogens is 324 g/mol. The van der Waals surface area contributed by atoms with Crippen LogP contribution in [0.1, 0.15) is 37.7 Å². The third-order valence-corrected chi connectivity index (χ3v) is 4.35. The summed E-state index contributed by atoms with van der Waals surface area (Å²) in [6.07, 6.45) is 5.57. The average Bonchev–Trinajstić information content (AvgIpc) is 3.10. The van der Waals surface area contributed by atoms with Gasteiger partial charge in [-0.25, -0.2) is 8.78 Å². The van der Waals surface area contributed by atoms with Crippen molar-refractivity contribution in [1.29, 1.82) is 0 Å². The van der Waals surface area contributed by atoms with Crippen molar-refractivity contribution in [2.24, 2.45) is 0 Å². The molecule has 0 saturated heterocycles. The van der Waals surface area contributed by atoms with Gasteiger partial charge in [-0.05, 0) is 61.9 Å². The van der Waals surface area contributed by atoms with Gasteiger partial charge in [0.25, 0.3) is 0 Å². The maximum atomic E-state index is 13.5. The lowest BCUT2D eigenvalue weighted by Gasteiger charge is -2.14. The number of hydrogen-bond donors (Lipinski definition) is 1. The van der Waals surface area contributed by atoms with Crippen molar-refractivity contribution in [3.8, 4) is 5.75 Å². The van der Waals surface area contributed by atoms with Crippen LogP contribution in [0.5, 0.6) is 5.75 Å².